The van der Waals surface area contributed by atoms with Gasteiger partial charge in [0.25, 0.3) is 5.91 Å². The molecule has 208 valence electrons. The minimum Gasteiger partial charge on any atom is -0.481 e. The Hall–Kier alpha value is -4.52. The van der Waals surface area contributed by atoms with Gasteiger partial charge in [-0.25, -0.2) is 9.80 Å². The predicted molar refractivity (Wildman–Crippen MR) is 139 cm³/mol. The first-order chi connectivity index (χ1) is 18.7. The lowest BCUT2D eigenvalue weighted by Gasteiger charge is -2.45. The Kier molecular flexibility index (Phi) is 10.3. The van der Waals surface area contributed by atoms with Gasteiger partial charge in [-0.2, -0.15) is 0 Å². The number of aliphatic carboxylic acids is 2. The highest BCUT2D eigenvalue weighted by Crippen LogP contribution is 2.20. The average Bonchev–Trinajstić information content (AvgIpc) is 2.92. The molecule has 4 N–H and O–H groups in total. The highest BCUT2D eigenvalue weighted by Gasteiger charge is 2.40. The maximum atomic E-state index is 13.9. The number of anilines is 1. The molecule has 39 heavy (non-hydrogen) atoms. The van der Waals surface area contributed by atoms with E-state index in [1.54, 1.807) is 47.7 Å². The van der Waals surface area contributed by atoms with Gasteiger partial charge >= 0.3 is 11.9 Å². The van der Waals surface area contributed by atoms with Gasteiger partial charge in [0.15, 0.2) is 0 Å². The van der Waals surface area contributed by atoms with Gasteiger partial charge in [0.05, 0.1) is 13.0 Å². The van der Waals surface area contributed by atoms with Gasteiger partial charge in [-0.1, -0.05) is 30.3 Å². The molecule has 1 aromatic heterocycles. The van der Waals surface area contributed by atoms with Gasteiger partial charge in [0.2, 0.25) is 11.8 Å². The Bertz CT molecular complexity index is 1160. The second kappa shape index (κ2) is 13.9. The lowest BCUT2D eigenvalue weighted by molar-refractivity contribution is -0.172. The molecule has 0 bridgehead atoms. The number of carbonyl (C=O) groups excluding carboxylic acids is 3. The molecule has 0 unspecified atom stereocenters. The van der Waals surface area contributed by atoms with Crippen molar-refractivity contribution in [2.75, 3.05) is 37.6 Å². The van der Waals surface area contributed by atoms with Crippen LogP contribution in [0.25, 0.3) is 0 Å². The molecule has 13 heteroatoms. The van der Waals surface area contributed by atoms with Crippen LogP contribution in [-0.4, -0.2) is 99.7 Å². The molecule has 0 radical (unpaired) electrons. The molecule has 2 aromatic rings. The van der Waals surface area contributed by atoms with E-state index >= 15 is 0 Å². The van der Waals surface area contributed by atoms with Gasteiger partial charge in [0.1, 0.15) is 12.1 Å². The number of hydrogen-bond acceptors (Lipinski definition) is 8. The number of hydrazine groups is 1. The standard InChI is InChI=1S/C26H32N6O7/c1-18(33)28-17-23(34)29-21(16-24(35)36)25(37)32(22(26(38)39)15-19-5-3-2-4-6-19)31-13-11-30(12-14-31)20-7-9-27-10-8-20/h2-10,21-22H,11-17H2,1H3,(H,28,33)(H,29,34)(H,35,36)(H,38,39)/t21-,22-/m0/s1. The molecule has 1 fully saturated rings. The van der Waals surface area contributed by atoms with Crippen molar-refractivity contribution < 1.29 is 34.2 Å². The third kappa shape index (κ3) is 8.50. The van der Waals surface area contributed by atoms with Gasteiger partial charge in [-0.15, -0.1) is 0 Å². The van der Waals surface area contributed by atoms with E-state index in [2.05, 4.69) is 20.5 Å². The summed E-state index contributed by atoms with van der Waals surface area (Å²) in [5.41, 5.74) is 1.60. The Labute approximate surface area is 225 Å². The smallest absolute Gasteiger partial charge is 0.328 e. The van der Waals surface area contributed by atoms with E-state index in [1.807, 2.05) is 12.1 Å². The molecule has 1 aromatic carbocycles. The largest absolute Gasteiger partial charge is 0.481 e. The number of carbonyl (C=O) groups is 5. The SMILES string of the molecule is CC(=O)NCC(=O)N[C@@H](CC(=O)O)C(=O)N([C@@H](Cc1ccccc1)C(=O)O)N1CCN(c2ccncc2)CC1. The van der Waals surface area contributed by atoms with E-state index in [-0.39, 0.29) is 19.5 Å². The van der Waals surface area contributed by atoms with Crippen LogP contribution in [0.2, 0.25) is 0 Å². The molecule has 1 aliphatic rings. The predicted octanol–water partition coefficient (Wildman–Crippen LogP) is -0.261. The van der Waals surface area contributed by atoms with E-state index < -0.39 is 54.7 Å². The van der Waals surface area contributed by atoms with Crippen molar-refractivity contribution >= 4 is 35.3 Å². The lowest BCUT2D eigenvalue weighted by atomic mass is 10.0. The van der Waals surface area contributed by atoms with Crippen LogP contribution in [-0.2, 0) is 30.4 Å². The summed E-state index contributed by atoms with van der Waals surface area (Å²) in [7, 11) is 0. The minimum absolute atomic E-state index is 0.0356. The average molecular weight is 541 g/mol. The molecule has 1 saturated heterocycles. The number of carboxylic acids is 2. The van der Waals surface area contributed by atoms with Crippen molar-refractivity contribution in [3.63, 3.8) is 0 Å². The molecule has 0 saturated carbocycles. The van der Waals surface area contributed by atoms with Gasteiger partial charge in [0, 0.05) is 57.6 Å². The van der Waals surface area contributed by atoms with Crippen molar-refractivity contribution in [1.29, 1.82) is 0 Å². The van der Waals surface area contributed by atoms with Crippen LogP contribution in [0.15, 0.2) is 54.9 Å². The summed E-state index contributed by atoms with van der Waals surface area (Å²) in [6, 6.07) is 9.55. The van der Waals surface area contributed by atoms with E-state index in [0.29, 0.717) is 18.7 Å². The molecule has 13 nitrogen and oxygen atoms in total. The molecular formula is C26H32N6O7. The van der Waals surface area contributed by atoms with Crippen LogP contribution in [0.1, 0.15) is 18.9 Å². The highest BCUT2D eigenvalue weighted by molar-refractivity contribution is 5.93. The molecule has 3 amide bonds. The summed E-state index contributed by atoms with van der Waals surface area (Å²) >= 11 is 0. The van der Waals surface area contributed by atoms with Crippen LogP contribution in [0, 0.1) is 0 Å². The number of carboxylic acid groups (broad SMARTS) is 2. The van der Waals surface area contributed by atoms with E-state index in [4.69, 9.17) is 0 Å². The number of nitrogens with zero attached hydrogens (tertiary/aromatic N) is 4. The maximum absolute atomic E-state index is 13.9. The normalized spacial score (nSPS) is 15.1. The molecule has 0 spiro atoms. The number of pyridine rings is 1. The molecule has 1 aliphatic heterocycles. The summed E-state index contributed by atoms with van der Waals surface area (Å²) in [6.07, 6.45) is 2.53. The van der Waals surface area contributed by atoms with Crippen molar-refractivity contribution in [2.45, 2.75) is 31.8 Å². The Morgan fingerprint density at radius 3 is 2.18 bits per heavy atom. The van der Waals surface area contributed by atoms with Crippen LogP contribution in [0.4, 0.5) is 5.69 Å². The molecule has 2 heterocycles. The van der Waals surface area contributed by atoms with Crippen molar-refractivity contribution in [2.24, 2.45) is 0 Å². The molecule has 0 aliphatic carbocycles. The zero-order valence-corrected chi connectivity index (χ0v) is 21.5. The number of rotatable bonds is 12. The quantitative estimate of drug-likeness (QED) is 0.281. The summed E-state index contributed by atoms with van der Waals surface area (Å²) in [5.74, 6) is -4.75. The third-order valence-electron chi connectivity index (χ3n) is 6.18. The number of piperazine rings is 1. The monoisotopic (exact) mass is 540 g/mol. The first-order valence-corrected chi connectivity index (χ1v) is 12.4. The fourth-order valence-corrected chi connectivity index (χ4v) is 4.31. The fraction of sp³-hybridized carbons (Fsp3) is 0.385. The van der Waals surface area contributed by atoms with Crippen molar-refractivity contribution in [1.82, 2.24) is 25.6 Å². The zero-order valence-electron chi connectivity index (χ0n) is 21.5. The second-order valence-electron chi connectivity index (χ2n) is 9.00. The fourth-order valence-electron chi connectivity index (χ4n) is 4.31. The van der Waals surface area contributed by atoms with E-state index in [1.165, 1.54) is 6.92 Å². The molecule has 3 rings (SSSR count). The van der Waals surface area contributed by atoms with Crippen LogP contribution < -0.4 is 15.5 Å². The summed E-state index contributed by atoms with van der Waals surface area (Å²) < 4.78 is 0. The zero-order chi connectivity index (χ0) is 28.4. The maximum Gasteiger partial charge on any atom is 0.328 e. The molecular weight excluding hydrogens is 508 g/mol. The molecule has 2 atom stereocenters. The van der Waals surface area contributed by atoms with E-state index in [0.717, 1.165) is 10.7 Å². The second-order valence-corrected chi connectivity index (χ2v) is 9.00. The number of hydrogen-bond donors (Lipinski definition) is 4. The Morgan fingerprint density at radius 2 is 1.62 bits per heavy atom. The lowest BCUT2D eigenvalue weighted by Crippen LogP contribution is -2.64. The summed E-state index contributed by atoms with van der Waals surface area (Å²) in [6.45, 7) is 2.21. The van der Waals surface area contributed by atoms with Crippen molar-refractivity contribution in [3.8, 4) is 0 Å². The minimum atomic E-state index is -1.56. The van der Waals surface area contributed by atoms with Gasteiger partial charge in [-0.3, -0.25) is 29.2 Å². The van der Waals surface area contributed by atoms with Gasteiger partial charge in [-0.05, 0) is 17.7 Å². The number of amides is 3. The summed E-state index contributed by atoms with van der Waals surface area (Å²) in [5, 5.41) is 27.0. The summed E-state index contributed by atoms with van der Waals surface area (Å²) in [4.78, 5) is 67.7. The Morgan fingerprint density at radius 1 is 0.974 bits per heavy atom. The van der Waals surface area contributed by atoms with Crippen LogP contribution in [0.3, 0.4) is 0 Å². The third-order valence-corrected chi connectivity index (χ3v) is 6.18. The van der Waals surface area contributed by atoms with Crippen molar-refractivity contribution in [3.05, 3.63) is 60.4 Å². The number of nitrogens with one attached hydrogen (secondary N) is 2. The van der Waals surface area contributed by atoms with Crippen LogP contribution in [0.5, 0.6) is 0 Å². The first kappa shape index (κ1) is 29.0. The van der Waals surface area contributed by atoms with Gasteiger partial charge < -0.3 is 25.7 Å². The first-order valence-electron chi connectivity index (χ1n) is 12.4. The highest BCUT2D eigenvalue weighted by atomic mass is 16.4. The van der Waals surface area contributed by atoms with Crippen LogP contribution >= 0.6 is 0 Å². The number of benzene rings is 1. The number of aromatic nitrogens is 1. The van der Waals surface area contributed by atoms with E-state index in [9.17, 15) is 34.2 Å². The topological polar surface area (TPSA) is 172 Å². The Balaban J connectivity index is 1.90.